The highest BCUT2D eigenvalue weighted by Crippen LogP contribution is 2.31. The summed E-state index contributed by atoms with van der Waals surface area (Å²) in [5.41, 5.74) is 7.62. The number of hydrogen-bond acceptors (Lipinski definition) is 4. The van der Waals surface area contributed by atoms with E-state index in [0.717, 1.165) is 38.4 Å². The van der Waals surface area contributed by atoms with Crippen molar-refractivity contribution in [3.05, 3.63) is 83.6 Å². The Balaban J connectivity index is 1.42. The largest absolute Gasteiger partial charge is 0.343 e. The van der Waals surface area contributed by atoms with Gasteiger partial charge in [0.15, 0.2) is 4.96 Å². The monoisotopic (exact) mass is 413 g/mol. The second-order valence-electron chi connectivity index (χ2n) is 7.00. The lowest BCUT2D eigenvalue weighted by Crippen LogP contribution is -2.20. The summed E-state index contributed by atoms with van der Waals surface area (Å²) in [4.78, 5) is 17.7. The number of hydrazone groups is 1. The third-order valence-electron chi connectivity index (χ3n) is 5.06. The molecule has 3 heterocycles. The van der Waals surface area contributed by atoms with Crippen LogP contribution < -0.4 is 5.43 Å². The van der Waals surface area contributed by atoms with Crippen LogP contribution in [0.25, 0.3) is 27.1 Å². The summed E-state index contributed by atoms with van der Waals surface area (Å²) >= 11 is 1.54. The van der Waals surface area contributed by atoms with Crippen LogP contribution in [-0.2, 0) is 18.3 Å². The van der Waals surface area contributed by atoms with Gasteiger partial charge in [-0.05, 0) is 11.6 Å². The number of hydrogen-bond donors (Lipinski definition) is 1. The van der Waals surface area contributed by atoms with Crippen molar-refractivity contribution in [3.63, 3.8) is 0 Å². The number of thiazole rings is 1. The van der Waals surface area contributed by atoms with E-state index in [9.17, 15) is 4.79 Å². The first-order valence-electron chi connectivity index (χ1n) is 9.56. The van der Waals surface area contributed by atoms with Gasteiger partial charge in [-0.3, -0.25) is 9.20 Å². The van der Waals surface area contributed by atoms with Gasteiger partial charge in [-0.15, -0.1) is 11.3 Å². The molecule has 0 unspecified atom stereocenters. The van der Waals surface area contributed by atoms with E-state index in [2.05, 4.69) is 44.3 Å². The van der Waals surface area contributed by atoms with Crippen molar-refractivity contribution in [1.82, 2.24) is 19.4 Å². The van der Waals surface area contributed by atoms with Gasteiger partial charge in [0, 0.05) is 41.3 Å². The zero-order chi connectivity index (χ0) is 20.5. The Kier molecular flexibility index (Phi) is 4.65. The summed E-state index contributed by atoms with van der Waals surface area (Å²) in [7, 11) is 2.05. The van der Waals surface area contributed by atoms with E-state index in [1.165, 1.54) is 0 Å². The standard InChI is InChI=1S/C23H19N5OS/c1-27-20-10-6-5-9-18(20)19(22(27)16-7-3-2-4-8-16)14-24-26-21(29)13-17-15-28-11-12-30-23(28)25-17/h2-12,14-15H,13H2,1H3,(H,26,29)/b24-14-. The maximum Gasteiger partial charge on any atom is 0.246 e. The number of amides is 1. The Hall–Kier alpha value is -3.71. The highest BCUT2D eigenvalue weighted by molar-refractivity contribution is 7.15. The van der Waals surface area contributed by atoms with E-state index in [1.54, 1.807) is 17.6 Å². The second kappa shape index (κ2) is 7.61. The number of para-hydroxylation sites is 1. The summed E-state index contributed by atoms with van der Waals surface area (Å²) in [5, 5.41) is 7.31. The molecule has 0 aliphatic heterocycles. The maximum atomic E-state index is 12.3. The zero-order valence-electron chi connectivity index (χ0n) is 16.3. The number of nitrogens with zero attached hydrogens (tertiary/aromatic N) is 4. The molecule has 2 aromatic carbocycles. The van der Waals surface area contributed by atoms with Crippen molar-refractivity contribution in [1.29, 1.82) is 0 Å². The van der Waals surface area contributed by atoms with Crippen molar-refractivity contribution in [2.75, 3.05) is 0 Å². The van der Waals surface area contributed by atoms with Crippen LogP contribution in [0.2, 0.25) is 0 Å². The number of nitrogens with one attached hydrogen (secondary N) is 1. The molecule has 0 spiro atoms. The quantitative estimate of drug-likeness (QED) is 0.346. The number of aromatic nitrogens is 3. The molecule has 0 aliphatic rings. The lowest BCUT2D eigenvalue weighted by atomic mass is 10.1. The molecule has 3 aromatic heterocycles. The van der Waals surface area contributed by atoms with Gasteiger partial charge < -0.3 is 4.57 Å². The van der Waals surface area contributed by atoms with Crippen LogP contribution in [0.3, 0.4) is 0 Å². The molecule has 0 bridgehead atoms. The fraction of sp³-hybridized carbons (Fsp3) is 0.0870. The van der Waals surface area contributed by atoms with E-state index in [1.807, 2.05) is 59.6 Å². The van der Waals surface area contributed by atoms with Crippen LogP contribution in [-0.4, -0.2) is 26.1 Å². The molecule has 1 amide bonds. The molecule has 0 fully saturated rings. The molecule has 5 rings (SSSR count). The molecule has 5 aromatic rings. The van der Waals surface area contributed by atoms with Crippen LogP contribution in [0.15, 0.2) is 77.5 Å². The Bertz CT molecular complexity index is 1350. The van der Waals surface area contributed by atoms with Crippen LogP contribution in [0, 0.1) is 0 Å². The molecule has 0 atom stereocenters. The predicted molar refractivity (Wildman–Crippen MR) is 121 cm³/mol. The van der Waals surface area contributed by atoms with Gasteiger partial charge in [-0.1, -0.05) is 48.5 Å². The minimum Gasteiger partial charge on any atom is -0.343 e. The maximum absolute atomic E-state index is 12.3. The van der Waals surface area contributed by atoms with Crippen molar-refractivity contribution < 1.29 is 4.79 Å². The third kappa shape index (κ3) is 3.29. The van der Waals surface area contributed by atoms with Gasteiger partial charge >= 0.3 is 0 Å². The summed E-state index contributed by atoms with van der Waals surface area (Å²) < 4.78 is 4.07. The van der Waals surface area contributed by atoms with Gasteiger partial charge in [0.25, 0.3) is 0 Å². The molecule has 7 heteroatoms. The first kappa shape index (κ1) is 18.3. The lowest BCUT2D eigenvalue weighted by molar-refractivity contribution is -0.120. The average molecular weight is 414 g/mol. The highest BCUT2D eigenvalue weighted by Gasteiger charge is 2.15. The summed E-state index contributed by atoms with van der Waals surface area (Å²) in [5.74, 6) is -0.196. The van der Waals surface area contributed by atoms with Gasteiger partial charge in [-0.2, -0.15) is 5.10 Å². The van der Waals surface area contributed by atoms with E-state index < -0.39 is 0 Å². The van der Waals surface area contributed by atoms with Crippen LogP contribution in [0.1, 0.15) is 11.3 Å². The summed E-state index contributed by atoms with van der Waals surface area (Å²) in [6.07, 6.45) is 5.71. The van der Waals surface area contributed by atoms with Crippen LogP contribution in [0.5, 0.6) is 0 Å². The summed E-state index contributed by atoms with van der Waals surface area (Å²) in [6.45, 7) is 0. The molecule has 0 aliphatic carbocycles. The first-order chi connectivity index (χ1) is 14.7. The second-order valence-corrected chi connectivity index (χ2v) is 7.87. The fourth-order valence-electron chi connectivity index (χ4n) is 3.73. The van der Waals surface area contributed by atoms with E-state index in [4.69, 9.17) is 0 Å². The molecular weight excluding hydrogens is 394 g/mol. The number of fused-ring (bicyclic) bond motifs is 2. The molecular formula is C23H19N5OS. The summed E-state index contributed by atoms with van der Waals surface area (Å²) in [6, 6.07) is 18.4. The van der Waals surface area contributed by atoms with Crippen molar-refractivity contribution in [3.8, 4) is 11.3 Å². The van der Waals surface area contributed by atoms with Crippen LogP contribution >= 0.6 is 11.3 Å². The van der Waals surface area contributed by atoms with Gasteiger partial charge in [0.2, 0.25) is 5.91 Å². The zero-order valence-corrected chi connectivity index (χ0v) is 17.1. The number of rotatable bonds is 5. The number of carbonyl (C=O) groups is 1. The molecule has 6 nitrogen and oxygen atoms in total. The Morgan fingerprint density at radius 3 is 2.80 bits per heavy atom. The molecule has 148 valence electrons. The van der Waals surface area contributed by atoms with Crippen LogP contribution in [0.4, 0.5) is 0 Å². The molecule has 0 radical (unpaired) electrons. The smallest absolute Gasteiger partial charge is 0.246 e. The Labute approximate surface area is 177 Å². The molecule has 0 saturated carbocycles. The van der Waals surface area contributed by atoms with Crippen molar-refractivity contribution >= 4 is 39.3 Å². The van der Waals surface area contributed by atoms with Crippen molar-refractivity contribution in [2.24, 2.45) is 12.1 Å². The highest BCUT2D eigenvalue weighted by atomic mass is 32.1. The lowest BCUT2D eigenvalue weighted by Gasteiger charge is -2.06. The number of aryl methyl sites for hydroxylation is 1. The first-order valence-corrected chi connectivity index (χ1v) is 10.4. The minimum absolute atomic E-state index is 0.187. The SMILES string of the molecule is Cn1c(-c2ccccc2)c(/C=N\NC(=O)Cc2cn3ccsc3n2)c2ccccc21. The van der Waals surface area contributed by atoms with Gasteiger partial charge in [0.05, 0.1) is 24.0 Å². The average Bonchev–Trinajstić information content (AvgIpc) is 3.42. The molecule has 0 saturated heterocycles. The Morgan fingerprint density at radius 2 is 1.97 bits per heavy atom. The number of benzene rings is 2. The van der Waals surface area contributed by atoms with E-state index in [-0.39, 0.29) is 12.3 Å². The fourth-order valence-corrected chi connectivity index (χ4v) is 4.45. The molecule has 1 N–H and O–H groups in total. The van der Waals surface area contributed by atoms with Crippen molar-refractivity contribution in [2.45, 2.75) is 6.42 Å². The van der Waals surface area contributed by atoms with Gasteiger partial charge in [-0.25, -0.2) is 10.4 Å². The predicted octanol–water partition coefficient (Wildman–Crippen LogP) is 4.25. The molecule has 30 heavy (non-hydrogen) atoms. The normalized spacial score (nSPS) is 11.6. The van der Waals surface area contributed by atoms with Gasteiger partial charge in [0.1, 0.15) is 0 Å². The van der Waals surface area contributed by atoms with E-state index in [0.29, 0.717) is 0 Å². The minimum atomic E-state index is -0.196. The number of carbonyl (C=O) groups excluding carboxylic acids is 1. The Morgan fingerprint density at radius 1 is 1.17 bits per heavy atom. The topological polar surface area (TPSA) is 63.7 Å². The third-order valence-corrected chi connectivity index (χ3v) is 5.83. The van der Waals surface area contributed by atoms with E-state index >= 15 is 0 Å². The number of imidazole rings is 1.